The third kappa shape index (κ3) is 4.88. The van der Waals surface area contributed by atoms with Crippen LogP contribution in [0.15, 0.2) is 56.6 Å². The number of furan rings is 2. The summed E-state index contributed by atoms with van der Waals surface area (Å²) in [6.45, 7) is 1.79. The van der Waals surface area contributed by atoms with Crippen molar-refractivity contribution in [3.63, 3.8) is 0 Å². The number of nitrogens with zero attached hydrogens (tertiary/aromatic N) is 1. The molecule has 2 heterocycles. The van der Waals surface area contributed by atoms with Crippen LogP contribution in [0.3, 0.4) is 0 Å². The molecule has 0 spiro atoms. The molecule has 0 fully saturated rings. The molecule has 2 aromatic heterocycles. The van der Waals surface area contributed by atoms with Crippen molar-refractivity contribution in [1.82, 2.24) is 5.43 Å². The molecule has 156 valence electrons. The van der Waals surface area contributed by atoms with E-state index in [2.05, 4.69) is 15.3 Å². The van der Waals surface area contributed by atoms with E-state index in [1.165, 1.54) is 32.8 Å². The second kappa shape index (κ2) is 9.46. The number of esters is 1. The number of hydrogen-bond acceptors (Lipinski definition) is 8. The molecule has 9 heteroatoms. The molecular formula is C21H20N2O7. The van der Waals surface area contributed by atoms with Crippen molar-refractivity contribution in [2.45, 2.75) is 13.5 Å². The Morgan fingerprint density at radius 3 is 2.67 bits per heavy atom. The average molecular weight is 412 g/mol. The standard InChI is InChI=1S/C21H20N2O7/c1-13-16(8-9-28-13)20(24)23-22-11-14-4-6-17(19(10-14)26-2)29-12-15-5-7-18(30-15)21(25)27-3/h4-11H,12H2,1-3H3,(H,23,24)/b22-11-. The molecular weight excluding hydrogens is 392 g/mol. The van der Waals surface area contributed by atoms with E-state index in [1.54, 1.807) is 37.3 Å². The summed E-state index contributed by atoms with van der Waals surface area (Å²) in [6, 6.07) is 9.87. The fourth-order valence-corrected chi connectivity index (χ4v) is 2.54. The second-order valence-corrected chi connectivity index (χ2v) is 6.05. The lowest BCUT2D eigenvalue weighted by atomic mass is 10.2. The average Bonchev–Trinajstić information content (AvgIpc) is 3.41. The minimum absolute atomic E-state index is 0.0981. The topological polar surface area (TPSA) is 113 Å². The Labute approximate surface area is 172 Å². The van der Waals surface area contributed by atoms with Crippen molar-refractivity contribution in [2.24, 2.45) is 5.10 Å². The van der Waals surface area contributed by atoms with E-state index < -0.39 is 5.97 Å². The van der Waals surface area contributed by atoms with E-state index in [1.807, 2.05) is 0 Å². The normalized spacial score (nSPS) is 10.8. The van der Waals surface area contributed by atoms with Crippen molar-refractivity contribution in [1.29, 1.82) is 0 Å². The van der Waals surface area contributed by atoms with Crippen molar-refractivity contribution in [3.05, 3.63) is 71.1 Å². The molecule has 0 aliphatic carbocycles. The van der Waals surface area contributed by atoms with Crippen molar-refractivity contribution in [3.8, 4) is 11.5 Å². The van der Waals surface area contributed by atoms with Gasteiger partial charge in [-0.25, -0.2) is 10.2 Å². The van der Waals surface area contributed by atoms with Gasteiger partial charge in [-0.1, -0.05) is 0 Å². The van der Waals surface area contributed by atoms with Gasteiger partial charge < -0.3 is 23.0 Å². The number of hydrazone groups is 1. The largest absolute Gasteiger partial charge is 0.493 e. The van der Waals surface area contributed by atoms with Crippen LogP contribution in [-0.4, -0.2) is 32.3 Å². The Morgan fingerprint density at radius 1 is 1.13 bits per heavy atom. The van der Waals surface area contributed by atoms with Gasteiger partial charge in [-0.15, -0.1) is 0 Å². The van der Waals surface area contributed by atoms with Crippen LogP contribution < -0.4 is 14.9 Å². The number of hydrogen-bond donors (Lipinski definition) is 1. The minimum atomic E-state index is -0.558. The lowest BCUT2D eigenvalue weighted by molar-refractivity contribution is 0.0560. The summed E-state index contributed by atoms with van der Waals surface area (Å²) in [7, 11) is 2.79. The van der Waals surface area contributed by atoms with Crippen molar-refractivity contribution in [2.75, 3.05) is 14.2 Å². The van der Waals surface area contributed by atoms with E-state index in [9.17, 15) is 9.59 Å². The SMILES string of the molecule is COC(=O)c1ccc(COc2ccc(/C=N\NC(=O)c3ccoc3C)cc2OC)o1. The van der Waals surface area contributed by atoms with Crippen LogP contribution in [0, 0.1) is 6.92 Å². The summed E-state index contributed by atoms with van der Waals surface area (Å²) in [5.74, 6) is 1.09. The molecule has 0 atom stereocenters. The van der Waals surface area contributed by atoms with E-state index in [0.717, 1.165) is 0 Å². The highest BCUT2D eigenvalue weighted by Gasteiger charge is 2.13. The van der Waals surface area contributed by atoms with Crippen LogP contribution in [0.25, 0.3) is 0 Å². The predicted molar refractivity (Wildman–Crippen MR) is 106 cm³/mol. The Hall–Kier alpha value is -4.01. The first-order valence-corrected chi connectivity index (χ1v) is 8.87. The number of rotatable bonds is 8. The Balaban J connectivity index is 1.61. The molecule has 0 bridgehead atoms. The Morgan fingerprint density at radius 2 is 1.97 bits per heavy atom. The molecule has 0 aliphatic rings. The number of carbonyl (C=O) groups excluding carboxylic acids is 2. The maximum atomic E-state index is 12.0. The Kier molecular flexibility index (Phi) is 6.53. The zero-order valence-corrected chi connectivity index (χ0v) is 16.6. The molecule has 9 nitrogen and oxygen atoms in total. The summed E-state index contributed by atoms with van der Waals surface area (Å²) >= 11 is 0. The van der Waals surface area contributed by atoms with Crippen LogP contribution in [-0.2, 0) is 11.3 Å². The van der Waals surface area contributed by atoms with Crippen molar-refractivity contribution >= 4 is 18.1 Å². The first-order valence-electron chi connectivity index (χ1n) is 8.87. The fourth-order valence-electron chi connectivity index (χ4n) is 2.54. The summed E-state index contributed by atoms with van der Waals surface area (Å²) in [5, 5.41) is 3.94. The van der Waals surface area contributed by atoms with Gasteiger partial charge in [0.2, 0.25) is 5.76 Å². The second-order valence-electron chi connectivity index (χ2n) is 6.05. The first-order chi connectivity index (χ1) is 14.5. The summed E-state index contributed by atoms with van der Waals surface area (Å²) < 4.78 is 26.1. The van der Waals surface area contributed by atoms with Gasteiger partial charge in [0, 0.05) is 0 Å². The maximum Gasteiger partial charge on any atom is 0.373 e. The van der Waals surface area contributed by atoms with E-state index in [0.29, 0.717) is 34.1 Å². The van der Waals surface area contributed by atoms with Gasteiger partial charge in [0.25, 0.3) is 5.91 Å². The van der Waals surface area contributed by atoms with Gasteiger partial charge in [0.15, 0.2) is 11.5 Å². The third-order valence-electron chi connectivity index (χ3n) is 4.09. The van der Waals surface area contributed by atoms with Crippen LogP contribution in [0.2, 0.25) is 0 Å². The van der Waals surface area contributed by atoms with Gasteiger partial charge >= 0.3 is 5.97 Å². The van der Waals surface area contributed by atoms with Gasteiger partial charge in [-0.3, -0.25) is 4.79 Å². The molecule has 0 unspecified atom stereocenters. The fraction of sp³-hybridized carbons (Fsp3) is 0.190. The van der Waals surface area contributed by atoms with Crippen LogP contribution in [0.1, 0.15) is 38.0 Å². The molecule has 30 heavy (non-hydrogen) atoms. The zero-order chi connectivity index (χ0) is 21.5. The summed E-state index contributed by atoms with van der Waals surface area (Å²) in [5.41, 5.74) is 3.55. The van der Waals surface area contributed by atoms with E-state index in [-0.39, 0.29) is 18.3 Å². The third-order valence-corrected chi connectivity index (χ3v) is 4.09. The summed E-state index contributed by atoms with van der Waals surface area (Å²) in [4.78, 5) is 23.4. The molecule has 0 radical (unpaired) electrons. The van der Waals surface area contributed by atoms with Crippen LogP contribution >= 0.6 is 0 Å². The minimum Gasteiger partial charge on any atom is -0.493 e. The monoisotopic (exact) mass is 412 g/mol. The van der Waals surface area contributed by atoms with Crippen molar-refractivity contribution < 1.29 is 32.6 Å². The maximum absolute atomic E-state index is 12.0. The lowest BCUT2D eigenvalue weighted by Gasteiger charge is -2.10. The Bertz CT molecular complexity index is 1070. The van der Waals surface area contributed by atoms with E-state index in [4.69, 9.17) is 18.3 Å². The molecule has 0 saturated carbocycles. The molecule has 0 saturated heterocycles. The highest BCUT2D eigenvalue weighted by atomic mass is 16.5. The molecule has 1 amide bonds. The number of methoxy groups -OCH3 is 2. The lowest BCUT2D eigenvalue weighted by Crippen LogP contribution is -2.17. The summed E-state index contributed by atoms with van der Waals surface area (Å²) in [6.07, 6.45) is 2.92. The van der Waals surface area contributed by atoms with Gasteiger partial charge in [-0.2, -0.15) is 5.10 Å². The highest BCUT2D eigenvalue weighted by Crippen LogP contribution is 2.28. The molecule has 3 aromatic rings. The molecule has 1 N–H and O–H groups in total. The van der Waals surface area contributed by atoms with E-state index >= 15 is 0 Å². The quantitative estimate of drug-likeness (QED) is 0.343. The van der Waals surface area contributed by atoms with Gasteiger partial charge in [0.1, 0.15) is 18.1 Å². The number of ether oxygens (including phenoxy) is 3. The number of aryl methyl sites for hydroxylation is 1. The highest BCUT2D eigenvalue weighted by molar-refractivity contribution is 5.95. The first kappa shape index (κ1) is 20.7. The molecule has 1 aromatic carbocycles. The van der Waals surface area contributed by atoms with Crippen LogP contribution in [0.4, 0.5) is 0 Å². The van der Waals surface area contributed by atoms with Gasteiger partial charge in [-0.05, 0) is 48.9 Å². The number of amides is 1. The predicted octanol–water partition coefficient (Wildman–Crippen LogP) is 3.32. The van der Waals surface area contributed by atoms with Crippen LogP contribution in [0.5, 0.6) is 11.5 Å². The zero-order valence-electron chi connectivity index (χ0n) is 16.6. The molecule has 0 aliphatic heterocycles. The number of nitrogens with one attached hydrogen (secondary N) is 1. The number of carbonyl (C=O) groups is 2. The smallest absolute Gasteiger partial charge is 0.373 e. The molecule has 3 rings (SSSR count). The number of benzene rings is 1. The van der Waals surface area contributed by atoms with Gasteiger partial charge in [0.05, 0.1) is 32.3 Å².